The van der Waals surface area contributed by atoms with Crippen molar-refractivity contribution in [3.05, 3.63) is 29.8 Å². The quantitative estimate of drug-likeness (QED) is 0.883. The Bertz CT molecular complexity index is 572. The zero-order valence-electron chi connectivity index (χ0n) is 15.8. The molecule has 0 spiro atoms. The highest BCUT2D eigenvalue weighted by atomic mass is 16.5. The highest BCUT2D eigenvalue weighted by Crippen LogP contribution is 2.39. The predicted octanol–water partition coefficient (Wildman–Crippen LogP) is 2.13. The maximum atomic E-state index is 10.9. The molecule has 0 aromatic heterocycles. The summed E-state index contributed by atoms with van der Waals surface area (Å²) >= 11 is 0. The average molecular weight is 348 g/mol. The zero-order chi connectivity index (χ0) is 17.9. The van der Waals surface area contributed by atoms with Crippen molar-refractivity contribution in [2.45, 2.75) is 32.4 Å². The summed E-state index contributed by atoms with van der Waals surface area (Å²) in [7, 11) is 1.66. The number of hydrogen-bond donors (Lipinski definition) is 1. The summed E-state index contributed by atoms with van der Waals surface area (Å²) in [5, 5.41) is 10.9. The van der Waals surface area contributed by atoms with Gasteiger partial charge >= 0.3 is 0 Å². The lowest BCUT2D eigenvalue weighted by Crippen LogP contribution is -2.59. The van der Waals surface area contributed by atoms with Crippen LogP contribution in [0, 0.1) is 5.41 Å². The minimum Gasteiger partial charge on any atom is -0.387 e. The first-order valence-electron chi connectivity index (χ1n) is 9.29. The molecule has 140 valence electrons. The highest BCUT2D eigenvalue weighted by molar-refractivity contribution is 5.49. The molecule has 2 fully saturated rings. The van der Waals surface area contributed by atoms with Gasteiger partial charge in [-0.05, 0) is 24.1 Å². The Balaban J connectivity index is 1.65. The van der Waals surface area contributed by atoms with Crippen LogP contribution in [0.3, 0.4) is 0 Å². The second kappa shape index (κ2) is 7.62. The number of aliphatic hydroxyl groups is 1. The van der Waals surface area contributed by atoms with Gasteiger partial charge in [-0.1, -0.05) is 26.0 Å². The second-order valence-corrected chi connectivity index (χ2v) is 8.08. The first-order chi connectivity index (χ1) is 11.9. The molecule has 2 aliphatic rings. The number of morpholine rings is 1. The number of ether oxygens (including phenoxy) is 2. The molecule has 0 aliphatic carbocycles. The molecular formula is C20H32N2O3. The molecule has 0 amide bonds. The lowest BCUT2D eigenvalue weighted by molar-refractivity contribution is -0.151. The molecular weight excluding hydrogens is 316 g/mol. The highest BCUT2D eigenvalue weighted by Gasteiger charge is 2.47. The van der Waals surface area contributed by atoms with E-state index in [1.54, 1.807) is 7.11 Å². The molecule has 2 heterocycles. The van der Waals surface area contributed by atoms with Crippen LogP contribution in [-0.4, -0.2) is 68.7 Å². The zero-order valence-corrected chi connectivity index (χ0v) is 15.8. The fraction of sp³-hybridized carbons (Fsp3) is 0.700. The number of piperidine rings is 1. The lowest BCUT2D eigenvalue weighted by atomic mass is 9.70. The van der Waals surface area contributed by atoms with E-state index in [0.717, 1.165) is 52.4 Å². The summed E-state index contributed by atoms with van der Waals surface area (Å²) in [6, 6.07) is 8.84. The molecule has 0 radical (unpaired) electrons. The fourth-order valence-corrected chi connectivity index (χ4v) is 4.04. The molecule has 0 bridgehead atoms. The molecule has 1 atom stereocenters. The van der Waals surface area contributed by atoms with E-state index < -0.39 is 5.60 Å². The Morgan fingerprint density at radius 1 is 1.20 bits per heavy atom. The van der Waals surface area contributed by atoms with E-state index in [1.165, 1.54) is 11.3 Å². The van der Waals surface area contributed by atoms with Crippen LogP contribution in [0.4, 0.5) is 5.69 Å². The van der Waals surface area contributed by atoms with E-state index in [2.05, 4.69) is 47.9 Å². The van der Waals surface area contributed by atoms with Gasteiger partial charge in [0.25, 0.3) is 0 Å². The van der Waals surface area contributed by atoms with Gasteiger partial charge in [-0.15, -0.1) is 0 Å². The van der Waals surface area contributed by atoms with Crippen LogP contribution in [0.15, 0.2) is 24.3 Å². The van der Waals surface area contributed by atoms with Crippen molar-refractivity contribution in [2.24, 2.45) is 5.41 Å². The van der Waals surface area contributed by atoms with Gasteiger partial charge in [0.05, 0.1) is 25.4 Å². The SMILES string of the molecule is COC[C@]1(O)CCN(Cc2cccc(N3CCOCC3)c2)CC1(C)C. The normalized spacial score (nSPS) is 27.4. The van der Waals surface area contributed by atoms with E-state index in [-0.39, 0.29) is 5.41 Å². The molecule has 25 heavy (non-hydrogen) atoms. The molecule has 1 N–H and O–H groups in total. The topological polar surface area (TPSA) is 45.2 Å². The number of methoxy groups -OCH3 is 1. The van der Waals surface area contributed by atoms with Gasteiger partial charge < -0.3 is 19.5 Å². The van der Waals surface area contributed by atoms with Gasteiger partial charge in [0.1, 0.15) is 0 Å². The Kier molecular flexibility index (Phi) is 5.68. The largest absolute Gasteiger partial charge is 0.387 e. The number of anilines is 1. The molecule has 5 heteroatoms. The molecule has 0 saturated carbocycles. The van der Waals surface area contributed by atoms with E-state index in [4.69, 9.17) is 9.47 Å². The van der Waals surface area contributed by atoms with Crippen LogP contribution in [0.1, 0.15) is 25.8 Å². The fourth-order valence-electron chi connectivity index (χ4n) is 4.04. The van der Waals surface area contributed by atoms with Crippen LogP contribution in [0.2, 0.25) is 0 Å². The van der Waals surface area contributed by atoms with Gasteiger partial charge in [0.15, 0.2) is 0 Å². The molecule has 2 saturated heterocycles. The van der Waals surface area contributed by atoms with Crippen LogP contribution in [0.25, 0.3) is 0 Å². The third-order valence-corrected chi connectivity index (χ3v) is 5.80. The molecule has 2 aliphatic heterocycles. The number of nitrogens with zero attached hydrogens (tertiary/aromatic N) is 2. The van der Waals surface area contributed by atoms with Crippen molar-refractivity contribution in [3.8, 4) is 0 Å². The van der Waals surface area contributed by atoms with E-state index in [9.17, 15) is 5.11 Å². The van der Waals surface area contributed by atoms with Gasteiger partial charge in [0.2, 0.25) is 0 Å². The van der Waals surface area contributed by atoms with Gasteiger partial charge in [-0.25, -0.2) is 0 Å². The average Bonchev–Trinajstić information content (AvgIpc) is 2.60. The Labute approximate surface area is 151 Å². The predicted molar refractivity (Wildman–Crippen MR) is 100.0 cm³/mol. The van der Waals surface area contributed by atoms with Crippen molar-refractivity contribution < 1.29 is 14.6 Å². The minimum absolute atomic E-state index is 0.191. The second-order valence-electron chi connectivity index (χ2n) is 8.08. The van der Waals surface area contributed by atoms with Gasteiger partial charge in [-0.2, -0.15) is 0 Å². The molecule has 1 aromatic rings. The first-order valence-corrected chi connectivity index (χ1v) is 9.29. The summed E-state index contributed by atoms with van der Waals surface area (Å²) < 4.78 is 10.7. The monoisotopic (exact) mass is 348 g/mol. The molecule has 3 rings (SSSR count). The third-order valence-electron chi connectivity index (χ3n) is 5.80. The van der Waals surface area contributed by atoms with E-state index in [0.29, 0.717) is 6.61 Å². The summed E-state index contributed by atoms with van der Waals surface area (Å²) in [5.74, 6) is 0. The van der Waals surface area contributed by atoms with E-state index >= 15 is 0 Å². The summed E-state index contributed by atoms with van der Waals surface area (Å²) in [6.45, 7) is 10.9. The van der Waals surface area contributed by atoms with Crippen molar-refractivity contribution in [1.29, 1.82) is 0 Å². The maximum absolute atomic E-state index is 10.9. The number of benzene rings is 1. The van der Waals surface area contributed by atoms with Crippen LogP contribution < -0.4 is 4.90 Å². The Hall–Kier alpha value is -1.14. The van der Waals surface area contributed by atoms with Crippen molar-refractivity contribution in [1.82, 2.24) is 4.90 Å². The van der Waals surface area contributed by atoms with Crippen molar-refractivity contribution in [2.75, 3.05) is 58.0 Å². The number of rotatable bonds is 5. The lowest BCUT2D eigenvalue weighted by Gasteiger charge is -2.50. The number of hydrogen-bond acceptors (Lipinski definition) is 5. The third kappa shape index (κ3) is 4.17. The van der Waals surface area contributed by atoms with Crippen LogP contribution in [-0.2, 0) is 16.0 Å². The van der Waals surface area contributed by atoms with Crippen LogP contribution in [0.5, 0.6) is 0 Å². The Morgan fingerprint density at radius 2 is 1.96 bits per heavy atom. The molecule has 1 aromatic carbocycles. The number of likely N-dealkylation sites (tertiary alicyclic amines) is 1. The molecule has 0 unspecified atom stereocenters. The van der Waals surface area contributed by atoms with E-state index in [1.807, 2.05) is 0 Å². The van der Waals surface area contributed by atoms with Gasteiger partial charge in [0, 0.05) is 50.9 Å². The maximum Gasteiger partial charge on any atom is 0.0954 e. The van der Waals surface area contributed by atoms with Gasteiger partial charge in [-0.3, -0.25) is 4.90 Å². The summed E-state index contributed by atoms with van der Waals surface area (Å²) in [4.78, 5) is 4.84. The summed E-state index contributed by atoms with van der Waals surface area (Å²) in [6.07, 6.45) is 0.747. The van der Waals surface area contributed by atoms with Crippen LogP contribution >= 0.6 is 0 Å². The minimum atomic E-state index is -0.742. The smallest absolute Gasteiger partial charge is 0.0954 e. The Morgan fingerprint density at radius 3 is 2.64 bits per heavy atom. The standard InChI is InChI=1S/C20H32N2O3/c1-19(2)15-21(8-7-20(19,23)16-24-3)14-17-5-4-6-18(13-17)22-9-11-25-12-10-22/h4-6,13,23H,7-12,14-16H2,1-3H3/t20-/m1/s1. The molecule has 5 nitrogen and oxygen atoms in total. The first kappa shape index (κ1) is 18.6. The van der Waals surface area contributed by atoms with Crippen molar-refractivity contribution in [3.63, 3.8) is 0 Å². The van der Waals surface area contributed by atoms with Crippen molar-refractivity contribution >= 4 is 5.69 Å². The summed E-state index contributed by atoms with van der Waals surface area (Å²) in [5.41, 5.74) is 1.68.